The van der Waals surface area contributed by atoms with Crippen molar-refractivity contribution in [1.29, 1.82) is 0 Å². The zero-order valence-electron chi connectivity index (χ0n) is 9.45. The first-order valence-corrected chi connectivity index (χ1v) is 6.67. The van der Waals surface area contributed by atoms with Gasteiger partial charge in [0.05, 0.1) is 17.9 Å². The van der Waals surface area contributed by atoms with E-state index in [2.05, 4.69) is 14.7 Å². The lowest BCUT2D eigenvalue weighted by molar-refractivity contribution is 0.580. The Bertz CT molecular complexity index is 629. The van der Waals surface area contributed by atoms with Gasteiger partial charge in [0.25, 0.3) is 0 Å². The molecule has 0 spiro atoms. The van der Waals surface area contributed by atoms with Gasteiger partial charge in [-0.2, -0.15) is 0 Å². The van der Waals surface area contributed by atoms with Gasteiger partial charge in [0, 0.05) is 18.6 Å². The van der Waals surface area contributed by atoms with Gasteiger partial charge in [-0.25, -0.2) is 13.1 Å². The third-order valence-corrected chi connectivity index (χ3v) is 3.72. The Hall–Kier alpha value is -1.99. The highest BCUT2D eigenvalue weighted by atomic mass is 32.2. The Morgan fingerprint density at radius 1 is 1.22 bits per heavy atom. The molecule has 3 N–H and O–H groups in total. The first kappa shape index (κ1) is 12.5. The number of nitrogens with one attached hydrogen (secondary N) is 1. The second-order valence-corrected chi connectivity index (χ2v) is 5.29. The van der Waals surface area contributed by atoms with Crippen molar-refractivity contribution in [3.8, 4) is 0 Å². The minimum atomic E-state index is -3.67. The number of nitrogens with two attached hydrogens (primary N) is 1. The van der Waals surface area contributed by atoms with Gasteiger partial charge in [-0.15, -0.1) is 0 Å². The van der Waals surface area contributed by atoms with Crippen LogP contribution in [0.5, 0.6) is 0 Å². The summed E-state index contributed by atoms with van der Waals surface area (Å²) in [6, 6.07) is 6.72. The molecular formula is C11H12N4O2S. The van der Waals surface area contributed by atoms with Crippen LogP contribution in [0.15, 0.2) is 47.8 Å². The number of rotatable bonds is 4. The van der Waals surface area contributed by atoms with E-state index in [1.165, 1.54) is 18.5 Å². The molecule has 0 atom stereocenters. The van der Waals surface area contributed by atoms with Crippen molar-refractivity contribution in [3.05, 3.63) is 48.5 Å². The summed E-state index contributed by atoms with van der Waals surface area (Å²) in [5.41, 5.74) is 6.39. The molecule has 0 unspecified atom stereocenters. The summed E-state index contributed by atoms with van der Waals surface area (Å²) in [5, 5.41) is 0. The molecule has 0 radical (unpaired) electrons. The Labute approximate surface area is 105 Å². The van der Waals surface area contributed by atoms with Crippen LogP contribution in [0.3, 0.4) is 0 Å². The zero-order valence-corrected chi connectivity index (χ0v) is 10.3. The normalized spacial score (nSPS) is 11.3. The molecule has 2 heterocycles. The Balaban J connectivity index is 2.16. The van der Waals surface area contributed by atoms with E-state index in [1.807, 2.05) is 0 Å². The largest absolute Gasteiger partial charge is 0.398 e. The van der Waals surface area contributed by atoms with Crippen molar-refractivity contribution < 1.29 is 8.42 Å². The van der Waals surface area contributed by atoms with Crippen molar-refractivity contribution in [2.24, 2.45) is 0 Å². The van der Waals surface area contributed by atoms with E-state index in [1.54, 1.807) is 24.4 Å². The second kappa shape index (κ2) is 5.11. The number of anilines is 1. The maximum absolute atomic E-state index is 12.0. The number of nitrogens with zero attached hydrogens (tertiary/aromatic N) is 2. The maximum atomic E-state index is 12.0. The summed E-state index contributed by atoms with van der Waals surface area (Å²) in [6.07, 6.45) is 4.26. The van der Waals surface area contributed by atoms with Crippen LogP contribution in [0.25, 0.3) is 0 Å². The van der Waals surface area contributed by atoms with Crippen LogP contribution < -0.4 is 10.5 Å². The predicted molar refractivity (Wildman–Crippen MR) is 66.9 cm³/mol. The smallest absolute Gasteiger partial charge is 0.244 e. The lowest BCUT2D eigenvalue weighted by atomic mass is 10.4. The van der Waals surface area contributed by atoms with Crippen molar-refractivity contribution in [2.75, 3.05) is 5.73 Å². The van der Waals surface area contributed by atoms with Crippen LogP contribution in [0.1, 0.15) is 5.69 Å². The molecule has 2 rings (SSSR count). The van der Waals surface area contributed by atoms with E-state index >= 15 is 0 Å². The monoisotopic (exact) mass is 264 g/mol. The highest BCUT2D eigenvalue weighted by Gasteiger charge is 2.17. The van der Waals surface area contributed by atoms with Gasteiger partial charge in [0.15, 0.2) is 0 Å². The number of hydrogen-bond acceptors (Lipinski definition) is 5. The third kappa shape index (κ3) is 2.82. The number of nitrogen functional groups attached to an aromatic ring is 1. The van der Waals surface area contributed by atoms with E-state index in [4.69, 9.17) is 5.73 Å². The second-order valence-electron chi connectivity index (χ2n) is 3.56. The third-order valence-electron chi connectivity index (χ3n) is 2.28. The van der Waals surface area contributed by atoms with Crippen molar-refractivity contribution in [2.45, 2.75) is 11.4 Å². The number of sulfonamides is 1. The van der Waals surface area contributed by atoms with Crippen LogP contribution in [-0.4, -0.2) is 18.4 Å². The van der Waals surface area contributed by atoms with Gasteiger partial charge in [0.1, 0.15) is 4.90 Å². The highest BCUT2D eigenvalue weighted by Crippen LogP contribution is 2.15. The molecule has 0 fully saturated rings. The van der Waals surface area contributed by atoms with E-state index in [-0.39, 0.29) is 17.1 Å². The minimum Gasteiger partial charge on any atom is -0.398 e. The van der Waals surface area contributed by atoms with Gasteiger partial charge in [-0.05, 0) is 18.2 Å². The van der Waals surface area contributed by atoms with E-state index in [0.717, 1.165) is 0 Å². The quantitative estimate of drug-likeness (QED) is 0.839. The summed E-state index contributed by atoms with van der Waals surface area (Å²) in [5.74, 6) is 0. The SMILES string of the molecule is Nc1ccncc1S(=O)(=O)NCc1ccccn1. The van der Waals surface area contributed by atoms with Gasteiger partial charge >= 0.3 is 0 Å². The molecule has 0 aliphatic rings. The molecule has 2 aromatic rings. The molecule has 6 nitrogen and oxygen atoms in total. The first-order chi connectivity index (χ1) is 8.59. The fourth-order valence-corrected chi connectivity index (χ4v) is 2.44. The standard InChI is InChI=1S/C11H12N4O2S/c12-10-4-6-13-8-11(10)18(16,17)15-7-9-3-1-2-5-14-9/h1-6,8,15H,7H2,(H2,12,13). The predicted octanol–water partition coefficient (Wildman–Crippen LogP) is 0.537. The van der Waals surface area contributed by atoms with Crippen LogP contribution in [0, 0.1) is 0 Å². The molecule has 0 aliphatic heterocycles. The van der Waals surface area contributed by atoms with Crippen molar-refractivity contribution in [3.63, 3.8) is 0 Å². The van der Waals surface area contributed by atoms with E-state index < -0.39 is 10.0 Å². The molecule has 2 aromatic heterocycles. The maximum Gasteiger partial charge on any atom is 0.244 e. The Morgan fingerprint density at radius 2 is 2.06 bits per heavy atom. The van der Waals surface area contributed by atoms with E-state index in [9.17, 15) is 8.42 Å². The van der Waals surface area contributed by atoms with Crippen molar-refractivity contribution in [1.82, 2.24) is 14.7 Å². The van der Waals surface area contributed by atoms with Gasteiger partial charge in [-0.3, -0.25) is 9.97 Å². The average Bonchev–Trinajstić information content (AvgIpc) is 2.38. The van der Waals surface area contributed by atoms with Crippen molar-refractivity contribution >= 4 is 15.7 Å². The molecule has 0 bridgehead atoms. The Morgan fingerprint density at radius 3 is 2.72 bits per heavy atom. The van der Waals surface area contributed by atoms with Gasteiger partial charge in [-0.1, -0.05) is 6.07 Å². The molecule has 18 heavy (non-hydrogen) atoms. The average molecular weight is 264 g/mol. The van der Waals surface area contributed by atoms with Crippen LogP contribution in [0.4, 0.5) is 5.69 Å². The molecule has 94 valence electrons. The molecule has 0 aromatic carbocycles. The molecular weight excluding hydrogens is 252 g/mol. The summed E-state index contributed by atoms with van der Waals surface area (Å²) >= 11 is 0. The topological polar surface area (TPSA) is 98.0 Å². The van der Waals surface area contributed by atoms with Crippen LogP contribution >= 0.6 is 0 Å². The zero-order chi connectivity index (χ0) is 13.0. The molecule has 7 heteroatoms. The molecule has 0 saturated carbocycles. The lowest BCUT2D eigenvalue weighted by Gasteiger charge is -2.07. The fourth-order valence-electron chi connectivity index (χ4n) is 1.36. The first-order valence-electron chi connectivity index (χ1n) is 5.18. The number of hydrogen-bond donors (Lipinski definition) is 2. The fraction of sp³-hybridized carbons (Fsp3) is 0.0909. The number of pyridine rings is 2. The lowest BCUT2D eigenvalue weighted by Crippen LogP contribution is -2.24. The van der Waals surface area contributed by atoms with Gasteiger partial charge < -0.3 is 5.73 Å². The van der Waals surface area contributed by atoms with Crippen LogP contribution in [0.2, 0.25) is 0 Å². The van der Waals surface area contributed by atoms with Crippen LogP contribution in [-0.2, 0) is 16.6 Å². The Kier molecular flexibility index (Phi) is 3.54. The van der Waals surface area contributed by atoms with Gasteiger partial charge in [0.2, 0.25) is 10.0 Å². The molecule has 0 aliphatic carbocycles. The van der Waals surface area contributed by atoms with E-state index in [0.29, 0.717) is 5.69 Å². The summed E-state index contributed by atoms with van der Waals surface area (Å²) in [4.78, 5) is 7.75. The summed E-state index contributed by atoms with van der Waals surface area (Å²) in [7, 11) is -3.67. The minimum absolute atomic E-state index is 0.0269. The highest BCUT2D eigenvalue weighted by molar-refractivity contribution is 7.89. The molecule has 0 amide bonds. The summed E-state index contributed by atoms with van der Waals surface area (Å²) < 4.78 is 26.4. The number of aromatic nitrogens is 2. The molecule has 0 saturated heterocycles. The summed E-state index contributed by atoms with van der Waals surface area (Å²) in [6.45, 7) is 0.109.